The first-order chi connectivity index (χ1) is 14.1. The number of ether oxygens (including phenoxy) is 2. The molecule has 0 atom stereocenters. The van der Waals surface area contributed by atoms with E-state index in [0.29, 0.717) is 32.2 Å². The molecule has 2 saturated heterocycles. The summed E-state index contributed by atoms with van der Waals surface area (Å²) in [5.74, 6) is 0.457. The number of halogens is 1. The fraction of sp³-hybridized carbons (Fsp3) is 0.619. The van der Waals surface area contributed by atoms with Gasteiger partial charge in [-0.3, -0.25) is 4.90 Å². The lowest BCUT2D eigenvalue weighted by Gasteiger charge is -2.31. The van der Waals surface area contributed by atoms with Crippen LogP contribution in [0.4, 0.5) is 4.79 Å². The highest BCUT2D eigenvalue weighted by atomic mass is 127. The van der Waals surface area contributed by atoms with Gasteiger partial charge in [0.25, 0.3) is 0 Å². The number of nitrogens with zero attached hydrogens (tertiary/aromatic N) is 3. The first-order valence-corrected chi connectivity index (χ1v) is 10.5. The molecule has 30 heavy (non-hydrogen) atoms. The normalized spacial score (nSPS) is 18.6. The van der Waals surface area contributed by atoms with Crippen molar-refractivity contribution >= 4 is 36.0 Å². The molecule has 2 fully saturated rings. The predicted octanol–water partition coefficient (Wildman–Crippen LogP) is 2.16. The third-order valence-electron chi connectivity index (χ3n) is 5.31. The molecule has 0 saturated carbocycles. The van der Waals surface area contributed by atoms with Crippen LogP contribution >= 0.6 is 24.0 Å². The van der Waals surface area contributed by atoms with E-state index >= 15 is 0 Å². The molecule has 2 aliphatic heterocycles. The van der Waals surface area contributed by atoms with Crippen LogP contribution in [0.15, 0.2) is 29.3 Å². The van der Waals surface area contributed by atoms with E-state index < -0.39 is 0 Å². The molecule has 0 bridgehead atoms. The predicted molar refractivity (Wildman–Crippen MR) is 128 cm³/mol. The van der Waals surface area contributed by atoms with Gasteiger partial charge in [0.1, 0.15) is 0 Å². The molecule has 0 unspecified atom stereocenters. The fourth-order valence-electron chi connectivity index (χ4n) is 3.70. The Hall–Kier alpha value is -1.59. The van der Waals surface area contributed by atoms with E-state index in [9.17, 15) is 4.79 Å². The molecule has 9 heteroatoms. The smallest absolute Gasteiger partial charge is 0.409 e. The van der Waals surface area contributed by atoms with Crippen LogP contribution < -0.4 is 11.1 Å². The number of nitrogens with one attached hydrogen (secondary N) is 1. The summed E-state index contributed by atoms with van der Waals surface area (Å²) in [5, 5.41) is 3.29. The van der Waals surface area contributed by atoms with Gasteiger partial charge in [0.05, 0.1) is 26.4 Å². The SMILES string of the molecule is CCOC(=O)N1CCC(NC(N)=NCc2cccc(CN3CCOCC3)c2)CC1.I. The van der Waals surface area contributed by atoms with Gasteiger partial charge in [0.2, 0.25) is 0 Å². The number of nitrogens with two attached hydrogens (primary N) is 1. The second-order valence-electron chi connectivity index (χ2n) is 7.51. The van der Waals surface area contributed by atoms with Crippen LogP contribution in [0.1, 0.15) is 30.9 Å². The minimum atomic E-state index is -0.232. The van der Waals surface area contributed by atoms with E-state index in [0.717, 1.165) is 51.3 Å². The van der Waals surface area contributed by atoms with Gasteiger partial charge < -0.3 is 25.4 Å². The van der Waals surface area contributed by atoms with Crippen molar-refractivity contribution in [2.45, 2.75) is 38.9 Å². The van der Waals surface area contributed by atoms with Gasteiger partial charge in [-0.1, -0.05) is 24.3 Å². The summed E-state index contributed by atoms with van der Waals surface area (Å²) in [6, 6.07) is 8.75. The summed E-state index contributed by atoms with van der Waals surface area (Å²) < 4.78 is 10.5. The number of carbonyl (C=O) groups is 1. The summed E-state index contributed by atoms with van der Waals surface area (Å²) >= 11 is 0. The van der Waals surface area contributed by atoms with Crippen LogP contribution in [0.25, 0.3) is 0 Å². The fourth-order valence-corrected chi connectivity index (χ4v) is 3.70. The number of morpholine rings is 1. The maximum Gasteiger partial charge on any atom is 0.409 e. The zero-order valence-corrected chi connectivity index (χ0v) is 20.0. The average Bonchev–Trinajstić information content (AvgIpc) is 2.74. The number of piperidine rings is 1. The molecule has 3 N–H and O–H groups in total. The Kier molecular flexibility index (Phi) is 10.7. The van der Waals surface area contributed by atoms with Crippen molar-refractivity contribution in [2.24, 2.45) is 10.7 Å². The molecule has 1 amide bonds. The number of guanidine groups is 1. The van der Waals surface area contributed by atoms with Crippen molar-refractivity contribution in [2.75, 3.05) is 46.0 Å². The Balaban J connectivity index is 0.00000320. The van der Waals surface area contributed by atoms with Gasteiger partial charge >= 0.3 is 6.09 Å². The van der Waals surface area contributed by atoms with Crippen molar-refractivity contribution in [3.63, 3.8) is 0 Å². The second-order valence-corrected chi connectivity index (χ2v) is 7.51. The summed E-state index contributed by atoms with van der Waals surface area (Å²) in [5.41, 5.74) is 8.53. The number of benzene rings is 1. The third-order valence-corrected chi connectivity index (χ3v) is 5.31. The zero-order chi connectivity index (χ0) is 20.5. The van der Waals surface area contributed by atoms with Crippen molar-refractivity contribution in [1.29, 1.82) is 0 Å². The van der Waals surface area contributed by atoms with E-state index in [2.05, 4.69) is 39.5 Å². The average molecular weight is 531 g/mol. The topological polar surface area (TPSA) is 92.4 Å². The highest BCUT2D eigenvalue weighted by Gasteiger charge is 2.23. The largest absolute Gasteiger partial charge is 0.450 e. The highest BCUT2D eigenvalue weighted by molar-refractivity contribution is 14.0. The number of hydrogen-bond acceptors (Lipinski definition) is 5. The van der Waals surface area contributed by atoms with Crippen LogP contribution in [0.3, 0.4) is 0 Å². The van der Waals surface area contributed by atoms with Gasteiger partial charge in [-0.25, -0.2) is 9.79 Å². The second kappa shape index (κ2) is 13.0. The summed E-state index contributed by atoms with van der Waals surface area (Å²) in [7, 11) is 0. The number of aliphatic imine (C=N–C) groups is 1. The van der Waals surface area contributed by atoms with Gasteiger partial charge in [-0.05, 0) is 30.9 Å². The molecular weight excluding hydrogens is 497 g/mol. The summed E-state index contributed by atoms with van der Waals surface area (Å²) in [6.45, 7) is 8.65. The molecular formula is C21H34IN5O3. The van der Waals surface area contributed by atoms with E-state index in [1.807, 2.05) is 6.92 Å². The molecule has 0 spiro atoms. The van der Waals surface area contributed by atoms with Crippen molar-refractivity contribution in [1.82, 2.24) is 15.1 Å². The molecule has 1 aromatic carbocycles. The van der Waals surface area contributed by atoms with Gasteiger partial charge in [0.15, 0.2) is 5.96 Å². The first-order valence-electron chi connectivity index (χ1n) is 10.5. The number of hydrogen-bond donors (Lipinski definition) is 2. The summed E-state index contributed by atoms with van der Waals surface area (Å²) in [6.07, 6.45) is 1.44. The molecule has 0 aromatic heterocycles. The van der Waals surface area contributed by atoms with Crippen LogP contribution in [0, 0.1) is 0 Å². The maximum atomic E-state index is 11.8. The van der Waals surface area contributed by atoms with E-state index in [4.69, 9.17) is 15.2 Å². The van der Waals surface area contributed by atoms with E-state index in [1.165, 1.54) is 5.56 Å². The van der Waals surface area contributed by atoms with Gasteiger partial charge in [-0.15, -0.1) is 24.0 Å². The number of rotatable bonds is 6. The Morgan fingerprint density at radius 2 is 1.93 bits per heavy atom. The van der Waals surface area contributed by atoms with Crippen LogP contribution in [-0.2, 0) is 22.6 Å². The van der Waals surface area contributed by atoms with Crippen LogP contribution in [0.5, 0.6) is 0 Å². The highest BCUT2D eigenvalue weighted by Crippen LogP contribution is 2.13. The summed E-state index contributed by atoms with van der Waals surface area (Å²) in [4.78, 5) is 20.4. The van der Waals surface area contributed by atoms with Gasteiger partial charge in [0, 0.05) is 38.8 Å². The Morgan fingerprint density at radius 3 is 2.63 bits per heavy atom. The molecule has 2 heterocycles. The molecule has 3 rings (SSSR count). The molecule has 0 radical (unpaired) electrons. The van der Waals surface area contributed by atoms with Crippen LogP contribution in [-0.4, -0.2) is 73.9 Å². The standard InChI is InChI=1S/C21H33N5O3.HI/c1-2-29-21(27)26-8-6-19(7-9-26)24-20(22)23-15-17-4-3-5-18(14-17)16-25-10-12-28-13-11-25;/h3-5,14,19H,2,6-13,15-16H2,1H3,(H3,22,23,24);1H. The monoisotopic (exact) mass is 531 g/mol. The minimum absolute atomic E-state index is 0. The van der Waals surface area contributed by atoms with E-state index in [1.54, 1.807) is 4.90 Å². The van der Waals surface area contributed by atoms with Crippen LogP contribution in [0.2, 0.25) is 0 Å². The quantitative estimate of drug-likeness (QED) is 0.332. The van der Waals surface area contributed by atoms with Crippen molar-refractivity contribution in [3.05, 3.63) is 35.4 Å². The van der Waals surface area contributed by atoms with E-state index in [-0.39, 0.29) is 36.1 Å². The van der Waals surface area contributed by atoms with Gasteiger partial charge in [-0.2, -0.15) is 0 Å². The zero-order valence-electron chi connectivity index (χ0n) is 17.7. The van der Waals surface area contributed by atoms with Crippen molar-refractivity contribution in [3.8, 4) is 0 Å². The Labute approximate surface area is 196 Å². The molecule has 168 valence electrons. The number of amides is 1. The minimum Gasteiger partial charge on any atom is -0.450 e. The molecule has 8 nitrogen and oxygen atoms in total. The molecule has 2 aliphatic rings. The number of carbonyl (C=O) groups excluding carboxylic acids is 1. The maximum absolute atomic E-state index is 11.8. The van der Waals surface area contributed by atoms with Crippen molar-refractivity contribution < 1.29 is 14.3 Å². The number of likely N-dealkylation sites (tertiary alicyclic amines) is 1. The first kappa shape index (κ1) is 24.7. The lowest BCUT2D eigenvalue weighted by molar-refractivity contribution is 0.0342. The Bertz CT molecular complexity index is 689. The third kappa shape index (κ3) is 7.92. The lowest BCUT2D eigenvalue weighted by atomic mass is 10.1. The molecule has 0 aliphatic carbocycles. The Morgan fingerprint density at radius 1 is 1.23 bits per heavy atom. The lowest BCUT2D eigenvalue weighted by Crippen LogP contribution is -2.48. The molecule has 1 aromatic rings.